The highest BCUT2D eigenvalue weighted by Gasteiger charge is 2.21. The molecular formula is C40H28N4O. The third-order valence-corrected chi connectivity index (χ3v) is 8.21. The molecule has 0 N–H and O–H groups in total. The second-order valence-corrected chi connectivity index (χ2v) is 10.9. The van der Waals surface area contributed by atoms with Crippen molar-refractivity contribution in [1.29, 1.82) is 0 Å². The highest BCUT2D eigenvalue weighted by molar-refractivity contribution is 6.25. The van der Waals surface area contributed by atoms with Crippen molar-refractivity contribution in [2.24, 2.45) is 15.0 Å². The number of aliphatic imine (C=N–C) groups is 3. The first-order valence-electron chi connectivity index (χ1n) is 14.9. The van der Waals surface area contributed by atoms with Crippen LogP contribution >= 0.6 is 0 Å². The Hall–Kier alpha value is -6.07. The maximum Gasteiger partial charge on any atom is 0.161 e. The highest BCUT2D eigenvalue weighted by atomic mass is 16.3. The number of aromatic nitrogens is 1. The van der Waals surface area contributed by atoms with Gasteiger partial charge in [0.25, 0.3) is 0 Å². The van der Waals surface area contributed by atoms with E-state index in [-0.39, 0.29) is 0 Å². The summed E-state index contributed by atoms with van der Waals surface area (Å²) in [6.07, 6.45) is 0. The van der Waals surface area contributed by atoms with Crippen LogP contribution in [-0.2, 0) is 6.54 Å². The Morgan fingerprint density at radius 2 is 1.29 bits per heavy atom. The van der Waals surface area contributed by atoms with E-state index in [2.05, 4.69) is 95.1 Å². The zero-order chi connectivity index (χ0) is 30.2. The summed E-state index contributed by atoms with van der Waals surface area (Å²) in [6, 6.07) is 49.5. The Morgan fingerprint density at radius 3 is 2.11 bits per heavy atom. The number of amidine groups is 2. The van der Waals surface area contributed by atoms with Crippen molar-refractivity contribution in [3.05, 3.63) is 162 Å². The molecule has 8 aromatic rings. The highest BCUT2D eigenvalue weighted by Crippen LogP contribution is 2.41. The van der Waals surface area contributed by atoms with Gasteiger partial charge in [0.2, 0.25) is 0 Å². The molecule has 0 aliphatic rings. The standard InChI is InChI=1S/C40H28N4O/c1-41-39(28-16-6-3-7-17-28)43-40(42-26-27-14-4-2-5-15-27)31-19-9-12-22-34(31)44-33-21-11-8-18-29(33)30-24-25-36-37(38(30)44)32-20-10-13-23-35(32)45-36/h2-25H,1,26H2. The fourth-order valence-corrected chi connectivity index (χ4v) is 6.18. The minimum Gasteiger partial charge on any atom is -0.456 e. The van der Waals surface area contributed by atoms with Crippen LogP contribution in [0.15, 0.2) is 165 Å². The average Bonchev–Trinajstić information content (AvgIpc) is 3.65. The monoisotopic (exact) mass is 580 g/mol. The van der Waals surface area contributed by atoms with E-state index < -0.39 is 0 Å². The molecule has 0 spiro atoms. The van der Waals surface area contributed by atoms with Crippen molar-refractivity contribution < 1.29 is 4.42 Å². The first-order valence-corrected chi connectivity index (χ1v) is 14.9. The van der Waals surface area contributed by atoms with Gasteiger partial charge >= 0.3 is 0 Å². The fraction of sp³-hybridized carbons (Fsp3) is 0.0250. The van der Waals surface area contributed by atoms with Crippen molar-refractivity contribution in [3.8, 4) is 5.69 Å². The molecule has 6 aromatic carbocycles. The summed E-state index contributed by atoms with van der Waals surface area (Å²) in [5.41, 5.74) is 7.72. The van der Waals surface area contributed by atoms with Gasteiger partial charge in [-0.25, -0.2) is 9.98 Å². The second-order valence-electron chi connectivity index (χ2n) is 10.9. The van der Waals surface area contributed by atoms with Gasteiger partial charge in [-0.05, 0) is 48.7 Å². The first kappa shape index (κ1) is 26.5. The summed E-state index contributed by atoms with van der Waals surface area (Å²) in [6.45, 7) is 4.33. The molecule has 0 amide bonds. The van der Waals surface area contributed by atoms with Crippen LogP contribution in [-0.4, -0.2) is 23.0 Å². The molecule has 2 aromatic heterocycles. The lowest BCUT2D eigenvalue weighted by Crippen LogP contribution is -2.09. The molecule has 5 nitrogen and oxygen atoms in total. The molecule has 0 fully saturated rings. The van der Waals surface area contributed by atoms with Crippen LogP contribution in [0.5, 0.6) is 0 Å². The number of hydrogen-bond acceptors (Lipinski definition) is 2. The Labute approximate surface area is 260 Å². The van der Waals surface area contributed by atoms with E-state index >= 15 is 0 Å². The lowest BCUT2D eigenvalue weighted by molar-refractivity contribution is 0.669. The van der Waals surface area contributed by atoms with E-state index in [1.54, 1.807) is 0 Å². The van der Waals surface area contributed by atoms with Gasteiger partial charge in [0.05, 0.1) is 28.7 Å². The molecule has 214 valence electrons. The van der Waals surface area contributed by atoms with Crippen LogP contribution < -0.4 is 0 Å². The summed E-state index contributed by atoms with van der Waals surface area (Å²) in [5.74, 6) is 1.10. The Balaban J connectivity index is 1.44. The minimum absolute atomic E-state index is 0.469. The van der Waals surface area contributed by atoms with Crippen molar-refractivity contribution in [2.45, 2.75) is 6.54 Å². The van der Waals surface area contributed by atoms with Crippen LogP contribution in [0.2, 0.25) is 0 Å². The van der Waals surface area contributed by atoms with Crippen molar-refractivity contribution >= 4 is 62.1 Å². The van der Waals surface area contributed by atoms with Gasteiger partial charge in [-0.2, -0.15) is 0 Å². The molecule has 0 saturated heterocycles. The van der Waals surface area contributed by atoms with Gasteiger partial charge in [0.15, 0.2) is 11.7 Å². The lowest BCUT2D eigenvalue weighted by Gasteiger charge is -2.15. The molecule has 0 atom stereocenters. The second kappa shape index (κ2) is 11.2. The van der Waals surface area contributed by atoms with E-state index in [1.165, 1.54) is 5.39 Å². The molecule has 0 aliphatic heterocycles. The van der Waals surface area contributed by atoms with Crippen molar-refractivity contribution in [3.63, 3.8) is 0 Å². The van der Waals surface area contributed by atoms with Gasteiger partial charge in [0, 0.05) is 27.3 Å². The van der Waals surface area contributed by atoms with Crippen molar-refractivity contribution in [2.75, 3.05) is 0 Å². The van der Waals surface area contributed by atoms with E-state index in [1.807, 2.05) is 66.7 Å². The minimum atomic E-state index is 0.469. The number of furan rings is 1. The third kappa shape index (κ3) is 4.62. The predicted octanol–water partition coefficient (Wildman–Crippen LogP) is 9.78. The maximum atomic E-state index is 6.35. The number of para-hydroxylation sites is 3. The van der Waals surface area contributed by atoms with Crippen LogP contribution in [0.1, 0.15) is 16.7 Å². The molecule has 0 unspecified atom stereocenters. The number of fused-ring (bicyclic) bond motifs is 7. The maximum absolute atomic E-state index is 6.35. The molecule has 5 heteroatoms. The molecule has 0 saturated carbocycles. The summed E-state index contributed by atoms with van der Waals surface area (Å²) < 4.78 is 8.69. The van der Waals surface area contributed by atoms with Crippen LogP contribution in [0.25, 0.3) is 49.4 Å². The number of benzene rings is 6. The zero-order valence-corrected chi connectivity index (χ0v) is 24.5. The molecule has 0 aliphatic carbocycles. The van der Waals surface area contributed by atoms with Gasteiger partial charge in [-0.3, -0.25) is 4.99 Å². The summed E-state index contributed by atoms with van der Waals surface area (Å²) in [7, 11) is 0. The lowest BCUT2D eigenvalue weighted by atomic mass is 10.1. The van der Waals surface area contributed by atoms with E-state index in [0.717, 1.165) is 60.7 Å². The van der Waals surface area contributed by atoms with Gasteiger partial charge < -0.3 is 8.98 Å². The summed E-state index contributed by atoms with van der Waals surface area (Å²) in [4.78, 5) is 14.5. The smallest absolute Gasteiger partial charge is 0.161 e. The summed E-state index contributed by atoms with van der Waals surface area (Å²) >= 11 is 0. The Morgan fingerprint density at radius 1 is 0.600 bits per heavy atom. The van der Waals surface area contributed by atoms with E-state index in [4.69, 9.17) is 14.4 Å². The van der Waals surface area contributed by atoms with Crippen LogP contribution in [0.4, 0.5) is 0 Å². The zero-order valence-electron chi connectivity index (χ0n) is 24.5. The molecule has 2 heterocycles. The average molecular weight is 581 g/mol. The quantitative estimate of drug-likeness (QED) is 0.148. The van der Waals surface area contributed by atoms with Gasteiger partial charge in [-0.15, -0.1) is 0 Å². The first-order chi connectivity index (χ1) is 22.3. The van der Waals surface area contributed by atoms with Gasteiger partial charge in [-0.1, -0.05) is 109 Å². The molecule has 0 radical (unpaired) electrons. The van der Waals surface area contributed by atoms with Gasteiger partial charge in [0.1, 0.15) is 11.2 Å². The number of rotatable bonds is 5. The fourth-order valence-electron chi connectivity index (χ4n) is 6.18. The van der Waals surface area contributed by atoms with E-state index in [9.17, 15) is 0 Å². The largest absolute Gasteiger partial charge is 0.456 e. The normalized spacial score (nSPS) is 12.4. The number of hydrogen-bond donors (Lipinski definition) is 0. The predicted molar refractivity (Wildman–Crippen MR) is 187 cm³/mol. The molecular weight excluding hydrogens is 552 g/mol. The molecule has 45 heavy (non-hydrogen) atoms. The number of nitrogens with zero attached hydrogens (tertiary/aromatic N) is 4. The molecule has 0 bridgehead atoms. The third-order valence-electron chi connectivity index (χ3n) is 8.21. The Bertz CT molecular complexity index is 2410. The Kier molecular flexibility index (Phi) is 6.61. The topological polar surface area (TPSA) is 55.1 Å². The van der Waals surface area contributed by atoms with Crippen LogP contribution in [0.3, 0.4) is 0 Å². The van der Waals surface area contributed by atoms with Crippen LogP contribution in [0, 0.1) is 0 Å². The van der Waals surface area contributed by atoms with Crippen molar-refractivity contribution in [1.82, 2.24) is 4.57 Å². The SMILES string of the molecule is C=NC(=NC(=NCc1ccccc1)c1ccccc1-n1c2ccccc2c2ccc3oc4ccccc4c3c21)c1ccccc1. The molecule has 8 rings (SSSR count). The van der Waals surface area contributed by atoms with E-state index in [0.29, 0.717) is 18.2 Å². The summed E-state index contributed by atoms with van der Waals surface area (Å²) in [5, 5.41) is 4.48.